The van der Waals surface area contributed by atoms with Crippen LogP contribution in [0.25, 0.3) is 11.0 Å². The number of hydrogen-bond donors (Lipinski definition) is 2. The summed E-state index contributed by atoms with van der Waals surface area (Å²) in [6, 6.07) is 5.36. The predicted octanol–water partition coefficient (Wildman–Crippen LogP) is 0.604. The van der Waals surface area contributed by atoms with Crippen molar-refractivity contribution in [3.8, 4) is 5.75 Å². The number of ether oxygens (including phenoxy) is 1. The molecule has 0 aliphatic heterocycles. The number of rotatable bonds is 5. The van der Waals surface area contributed by atoms with Gasteiger partial charge >= 0.3 is 5.69 Å². The third-order valence-electron chi connectivity index (χ3n) is 2.79. The number of primary amides is 1. The van der Waals surface area contributed by atoms with Crippen LogP contribution in [0.2, 0.25) is 0 Å². The summed E-state index contributed by atoms with van der Waals surface area (Å²) in [5.74, 6) is 0.325. The first-order valence-electron chi connectivity index (χ1n) is 5.66. The Bertz CT molecular complexity index is 627. The molecule has 0 spiro atoms. The average Bonchev–Trinajstić information content (AvgIpc) is 2.64. The second kappa shape index (κ2) is 4.95. The summed E-state index contributed by atoms with van der Waals surface area (Å²) in [6.45, 7) is 0.453. The summed E-state index contributed by atoms with van der Waals surface area (Å²) in [4.78, 5) is 25.2. The van der Waals surface area contributed by atoms with Gasteiger partial charge in [0.2, 0.25) is 5.91 Å². The fourth-order valence-corrected chi connectivity index (χ4v) is 1.89. The number of fused-ring (bicyclic) bond motifs is 1. The zero-order valence-corrected chi connectivity index (χ0v) is 10.1. The van der Waals surface area contributed by atoms with Crippen LogP contribution in [0.15, 0.2) is 23.0 Å². The molecule has 0 radical (unpaired) electrons. The Kier molecular flexibility index (Phi) is 3.36. The van der Waals surface area contributed by atoms with Crippen LogP contribution in [-0.2, 0) is 11.3 Å². The smallest absolute Gasteiger partial charge is 0.326 e. The molecule has 1 amide bonds. The molecule has 6 nitrogen and oxygen atoms in total. The van der Waals surface area contributed by atoms with Crippen molar-refractivity contribution in [1.29, 1.82) is 0 Å². The molecule has 0 unspecified atom stereocenters. The molecule has 2 rings (SSSR count). The van der Waals surface area contributed by atoms with E-state index in [1.54, 1.807) is 29.9 Å². The van der Waals surface area contributed by atoms with Gasteiger partial charge < -0.3 is 15.5 Å². The quantitative estimate of drug-likeness (QED) is 0.813. The minimum Gasteiger partial charge on any atom is -0.497 e. The highest BCUT2D eigenvalue weighted by Gasteiger charge is 2.07. The summed E-state index contributed by atoms with van der Waals surface area (Å²) in [5.41, 5.74) is 6.40. The van der Waals surface area contributed by atoms with Crippen molar-refractivity contribution < 1.29 is 9.53 Å². The van der Waals surface area contributed by atoms with Crippen molar-refractivity contribution in [3.63, 3.8) is 0 Å². The number of nitrogens with one attached hydrogen (secondary N) is 1. The van der Waals surface area contributed by atoms with Gasteiger partial charge in [0, 0.05) is 19.0 Å². The molecule has 1 aromatic heterocycles. The van der Waals surface area contributed by atoms with E-state index in [4.69, 9.17) is 10.5 Å². The Morgan fingerprint density at radius 2 is 2.28 bits per heavy atom. The van der Waals surface area contributed by atoms with E-state index in [1.165, 1.54) is 0 Å². The summed E-state index contributed by atoms with van der Waals surface area (Å²) in [7, 11) is 1.57. The lowest BCUT2D eigenvalue weighted by molar-refractivity contribution is -0.118. The topological polar surface area (TPSA) is 90.1 Å². The molecule has 0 fully saturated rings. The Labute approximate surface area is 103 Å². The second-order valence-electron chi connectivity index (χ2n) is 4.03. The zero-order valence-electron chi connectivity index (χ0n) is 10.1. The van der Waals surface area contributed by atoms with Crippen molar-refractivity contribution >= 4 is 16.9 Å². The first-order chi connectivity index (χ1) is 8.61. The number of nitrogens with two attached hydrogens (primary N) is 1. The molecule has 0 aliphatic carbocycles. The van der Waals surface area contributed by atoms with E-state index in [9.17, 15) is 9.59 Å². The van der Waals surface area contributed by atoms with Gasteiger partial charge in [-0.2, -0.15) is 0 Å². The zero-order chi connectivity index (χ0) is 13.1. The molecule has 96 valence electrons. The van der Waals surface area contributed by atoms with Gasteiger partial charge in [0.15, 0.2) is 0 Å². The van der Waals surface area contributed by atoms with Gasteiger partial charge in [0.05, 0.1) is 18.1 Å². The molecule has 6 heteroatoms. The lowest BCUT2D eigenvalue weighted by Gasteiger charge is -2.03. The number of carbonyl (C=O) groups is 1. The van der Waals surface area contributed by atoms with Gasteiger partial charge in [-0.05, 0) is 18.6 Å². The number of imidazole rings is 1. The fraction of sp³-hybridized carbons (Fsp3) is 0.333. The molecule has 1 heterocycles. The van der Waals surface area contributed by atoms with Crippen molar-refractivity contribution in [2.75, 3.05) is 7.11 Å². The van der Waals surface area contributed by atoms with Crippen LogP contribution in [0, 0.1) is 0 Å². The molecule has 0 saturated heterocycles. The molecule has 1 aromatic carbocycles. The minimum absolute atomic E-state index is 0.192. The number of aryl methyl sites for hydroxylation is 1. The third kappa shape index (κ3) is 2.37. The number of amides is 1. The first kappa shape index (κ1) is 12.2. The molecular formula is C12H15N3O3. The Balaban J connectivity index is 2.33. The van der Waals surface area contributed by atoms with Gasteiger partial charge in [-0.3, -0.25) is 9.36 Å². The number of hydrogen-bond acceptors (Lipinski definition) is 3. The van der Waals surface area contributed by atoms with Crippen LogP contribution >= 0.6 is 0 Å². The molecule has 2 aromatic rings. The highest BCUT2D eigenvalue weighted by molar-refractivity contribution is 5.77. The van der Waals surface area contributed by atoms with Gasteiger partial charge in [-0.1, -0.05) is 0 Å². The van der Waals surface area contributed by atoms with Crippen molar-refractivity contribution in [1.82, 2.24) is 9.55 Å². The fourth-order valence-electron chi connectivity index (χ4n) is 1.89. The summed E-state index contributed by atoms with van der Waals surface area (Å²) in [6.07, 6.45) is 0.808. The summed E-state index contributed by atoms with van der Waals surface area (Å²) in [5, 5.41) is 0. The number of nitrogens with zero attached hydrogens (tertiary/aromatic N) is 1. The molecule has 3 N–H and O–H groups in total. The average molecular weight is 249 g/mol. The van der Waals surface area contributed by atoms with Crippen molar-refractivity contribution in [3.05, 3.63) is 28.7 Å². The van der Waals surface area contributed by atoms with Gasteiger partial charge in [-0.25, -0.2) is 4.79 Å². The van der Waals surface area contributed by atoms with E-state index < -0.39 is 0 Å². The maximum atomic E-state index is 11.8. The van der Waals surface area contributed by atoms with E-state index in [0.717, 1.165) is 11.0 Å². The summed E-state index contributed by atoms with van der Waals surface area (Å²) >= 11 is 0. The van der Waals surface area contributed by atoms with Crippen LogP contribution in [-0.4, -0.2) is 22.6 Å². The van der Waals surface area contributed by atoms with Crippen LogP contribution in [0.1, 0.15) is 12.8 Å². The van der Waals surface area contributed by atoms with Gasteiger partial charge in [-0.15, -0.1) is 0 Å². The minimum atomic E-state index is -0.361. The third-order valence-corrected chi connectivity index (χ3v) is 2.79. The number of methoxy groups -OCH3 is 1. The Hall–Kier alpha value is -2.24. The van der Waals surface area contributed by atoms with E-state index in [2.05, 4.69) is 4.98 Å². The van der Waals surface area contributed by atoms with E-state index >= 15 is 0 Å². The first-order valence-corrected chi connectivity index (χ1v) is 5.66. The maximum absolute atomic E-state index is 11.8. The maximum Gasteiger partial charge on any atom is 0.326 e. The monoisotopic (exact) mass is 249 g/mol. The van der Waals surface area contributed by atoms with Gasteiger partial charge in [0.1, 0.15) is 5.75 Å². The van der Waals surface area contributed by atoms with Crippen LogP contribution in [0.4, 0.5) is 0 Å². The summed E-state index contributed by atoms with van der Waals surface area (Å²) < 4.78 is 6.71. The number of benzene rings is 1. The van der Waals surface area contributed by atoms with E-state index in [0.29, 0.717) is 18.7 Å². The highest BCUT2D eigenvalue weighted by Crippen LogP contribution is 2.18. The van der Waals surface area contributed by atoms with Crippen LogP contribution < -0.4 is 16.2 Å². The molecule has 0 atom stereocenters. The lowest BCUT2D eigenvalue weighted by Crippen LogP contribution is -2.18. The molecule has 0 bridgehead atoms. The normalized spacial score (nSPS) is 10.7. The Morgan fingerprint density at radius 3 is 2.94 bits per heavy atom. The van der Waals surface area contributed by atoms with Crippen molar-refractivity contribution in [2.24, 2.45) is 5.73 Å². The molecule has 18 heavy (non-hydrogen) atoms. The molecular weight excluding hydrogens is 234 g/mol. The highest BCUT2D eigenvalue weighted by atomic mass is 16.5. The predicted molar refractivity (Wildman–Crippen MR) is 67.5 cm³/mol. The molecule has 0 saturated carbocycles. The van der Waals surface area contributed by atoms with Crippen LogP contribution in [0.3, 0.4) is 0 Å². The second-order valence-corrected chi connectivity index (χ2v) is 4.03. The standard InChI is InChI=1S/C12H15N3O3/c1-18-8-4-5-9-10(7-8)15(12(17)14-9)6-2-3-11(13)16/h4-5,7H,2-3,6H2,1H3,(H2,13,16)(H,14,17). The molecule has 0 aliphatic rings. The van der Waals surface area contributed by atoms with Gasteiger partial charge in [0.25, 0.3) is 0 Å². The van der Waals surface area contributed by atoms with Crippen molar-refractivity contribution in [2.45, 2.75) is 19.4 Å². The van der Waals surface area contributed by atoms with E-state index in [-0.39, 0.29) is 18.0 Å². The lowest BCUT2D eigenvalue weighted by atomic mass is 10.2. The van der Waals surface area contributed by atoms with Crippen LogP contribution in [0.5, 0.6) is 5.75 Å². The largest absolute Gasteiger partial charge is 0.497 e. The number of H-pyrrole nitrogens is 1. The Morgan fingerprint density at radius 1 is 1.50 bits per heavy atom. The van der Waals surface area contributed by atoms with E-state index in [1.807, 2.05) is 0 Å². The number of aromatic nitrogens is 2. The number of aromatic amines is 1. The SMILES string of the molecule is COc1ccc2[nH]c(=O)n(CCCC(N)=O)c2c1. The number of carbonyl (C=O) groups excluding carboxylic acids is 1.